The third-order valence-corrected chi connectivity index (χ3v) is 9.02. The zero-order valence-electron chi connectivity index (χ0n) is 17.8. The molecule has 6 rings (SSSR count). The molecule has 0 amide bonds. The van der Waals surface area contributed by atoms with Crippen molar-refractivity contribution < 1.29 is 9.90 Å². The van der Waals surface area contributed by atoms with Gasteiger partial charge in [-0.15, -0.1) is 0 Å². The molecule has 0 radical (unpaired) electrons. The van der Waals surface area contributed by atoms with E-state index in [1.165, 1.54) is 11.3 Å². The van der Waals surface area contributed by atoms with Crippen molar-refractivity contribution in [3.8, 4) is 0 Å². The fraction of sp³-hybridized carbons (Fsp3) is 0.538. The molecule has 156 valence electrons. The van der Waals surface area contributed by atoms with Gasteiger partial charge in [-0.25, -0.2) is 4.98 Å². The summed E-state index contributed by atoms with van der Waals surface area (Å²) in [5, 5.41) is 10.2. The number of Topliss-reactive ketones (excluding diaryl/α,β-unsaturated/α-hetero) is 1. The summed E-state index contributed by atoms with van der Waals surface area (Å²) < 4.78 is 2.23. The standard InChI is InChI=1S/C26H30N2O2/c1-25-12-11-17(29)13-16(25)7-8-18-19-9-10-23(26(19,2)14-22(30)24(18)25)28-15-27-20-5-3-4-6-21(20)28/h3-7,10,15,17-19,24,29H,8-9,11-14H2,1-2H3/t17-,18?,19?,24?,25-,26-/m0/s1. The second-order valence-electron chi connectivity index (χ2n) is 10.5. The number of hydrogen-bond donors (Lipinski definition) is 1. The first-order valence-electron chi connectivity index (χ1n) is 11.5. The summed E-state index contributed by atoms with van der Waals surface area (Å²) in [4.78, 5) is 18.4. The minimum absolute atomic E-state index is 0.0645. The largest absolute Gasteiger partial charge is 0.393 e. The number of aromatic nitrogens is 2. The van der Waals surface area contributed by atoms with E-state index in [0.717, 1.165) is 43.1 Å². The van der Waals surface area contributed by atoms with Gasteiger partial charge in [-0.2, -0.15) is 0 Å². The van der Waals surface area contributed by atoms with Gasteiger partial charge in [0.1, 0.15) is 12.1 Å². The number of benzene rings is 1. The van der Waals surface area contributed by atoms with Crippen LogP contribution in [-0.4, -0.2) is 26.5 Å². The smallest absolute Gasteiger partial charge is 0.138 e. The van der Waals surface area contributed by atoms with Crippen LogP contribution in [0.5, 0.6) is 0 Å². The number of hydrogen-bond acceptors (Lipinski definition) is 3. The molecule has 0 bridgehead atoms. The third-order valence-electron chi connectivity index (χ3n) is 9.02. The van der Waals surface area contributed by atoms with Gasteiger partial charge in [0.2, 0.25) is 0 Å². The van der Waals surface area contributed by atoms with E-state index in [1.807, 2.05) is 12.4 Å². The summed E-state index contributed by atoms with van der Waals surface area (Å²) in [5.74, 6) is 1.41. The maximum absolute atomic E-state index is 13.8. The fourth-order valence-corrected chi connectivity index (χ4v) is 7.55. The number of aliphatic hydroxyl groups is 1. The molecule has 4 heteroatoms. The van der Waals surface area contributed by atoms with Crippen LogP contribution in [-0.2, 0) is 4.79 Å². The molecule has 0 aliphatic heterocycles. The molecule has 6 atom stereocenters. The van der Waals surface area contributed by atoms with Gasteiger partial charge in [-0.1, -0.05) is 43.7 Å². The number of imidazole rings is 1. The molecule has 2 aromatic rings. The van der Waals surface area contributed by atoms with Gasteiger partial charge in [0.05, 0.1) is 17.1 Å². The van der Waals surface area contributed by atoms with Crippen molar-refractivity contribution in [3.05, 3.63) is 48.3 Å². The van der Waals surface area contributed by atoms with Gasteiger partial charge in [-0.05, 0) is 61.5 Å². The van der Waals surface area contributed by atoms with Gasteiger partial charge < -0.3 is 9.67 Å². The summed E-state index contributed by atoms with van der Waals surface area (Å²) in [6, 6.07) is 8.26. The lowest BCUT2D eigenvalue weighted by molar-refractivity contribution is -0.140. The van der Waals surface area contributed by atoms with E-state index in [0.29, 0.717) is 24.0 Å². The topological polar surface area (TPSA) is 55.1 Å². The van der Waals surface area contributed by atoms with Crippen LogP contribution < -0.4 is 0 Å². The average Bonchev–Trinajstić information content (AvgIpc) is 3.28. The van der Waals surface area contributed by atoms with Crippen molar-refractivity contribution >= 4 is 22.5 Å². The summed E-state index contributed by atoms with van der Waals surface area (Å²) in [5.41, 5.74) is 4.52. The SMILES string of the molecule is C[C@]12CC[C@H](O)CC1=CCC1C2C(=O)C[C@]2(C)C(n3cnc4ccccc43)=CCC12. The highest BCUT2D eigenvalue weighted by Crippen LogP contribution is 2.64. The monoisotopic (exact) mass is 402 g/mol. The fourth-order valence-electron chi connectivity index (χ4n) is 7.55. The Labute approximate surface area is 177 Å². The number of nitrogens with zero attached hydrogens (tertiary/aromatic N) is 2. The third kappa shape index (κ3) is 2.31. The Balaban J connectivity index is 1.41. The molecular formula is C26H30N2O2. The molecule has 30 heavy (non-hydrogen) atoms. The first-order valence-corrected chi connectivity index (χ1v) is 11.5. The Hall–Kier alpha value is -2.20. The van der Waals surface area contributed by atoms with Gasteiger partial charge in [0.15, 0.2) is 0 Å². The van der Waals surface area contributed by atoms with E-state index in [9.17, 15) is 9.90 Å². The van der Waals surface area contributed by atoms with Crippen molar-refractivity contribution in [1.29, 1.82) is 0 Å². The Morgan fingerprint density at radius 2 is 1.97 bits per heavy atom. The molecule has 1 N–H and O–H groups in total. The molecule has 4 aliphatic carbocycles. The predicted molar refractivity (Wildman–Crippen MR) is 117 cm³/mol. The van der Waals surface area contributed by atoms with Gasteiger partial charge in [0.25, 0.3) is 0 Å². The minimum atomic E-state index is -0.237. The van der Waals surface area contributed by atoms with Gasteiger partial charge in [0, 0.05) is 23.5 Å². The number of carbonyl (C=O) groups excluding carboxylic acids is 1. The maximum atomic E-state index is 13.8. The Morgan fingerprint density at radius 1 is 1.13 bits per heavy atom. The Bertz CT molecular complexity index is 1110. The number of fused-ring (bicyclic) bond motifs is 6. The summed E-state index contributed by atoms with van der Waals surface area (Å²) in [6.07, 6.45) is 11.6. The van der Waals surface area contributed by atoms with Gasteiger partial charge in [-0.3, -0.25) is 4.79 Å². The highest BCUT2D eigenvalue weighted by atomic mass is 16.3. The molecule has 0 saturated heterocycles. The van der Waals surface area contributed by atoms with Crippen molar-refractivity contribution in [2.75, 3.05) is 0 Å². The number of aliphatic hydroxyl groups excluding tert-OH is 1. The van der Waals surface area contributed by atoms with E-state index in [2.05, 4.69) is 53.7 Å². The number of rotatable bonds is 1. The zero-order valence-corrected chi connectivity index (χ0v) is 17.8. The molecule has 2 fully saturated rings. The van der Waals surface area contributed by atoms with Crippen molar-refractivity contribution in [1.82, 2.24) is 9.55 Å². The quantitative estimate of drug-likeness (QED) is 0.684. The zero-order chi connectivity index (χ0) is 20.7. The maximum Gasteiger partial charge on any atom is 0.138 e. The molecule has 4 nitrogen and oxygen atoms in total. The molecule has 4 aliphatic rings. The van der Waals surface area contributed by atoms with E-state index in [-0.39, 0.29) is 22.9 Å². The lowest BCUT2D eigenvalue weighted by Gasteiger charge is -2.56. The minimum Gasteiger partial charge on any atom is -0.393 e. The van der Waals surface area contributed by atoms with E-state index in [4.69, 9.17) is 0 Å². The Kier molecular flexibility index (Phi) is 3.81. The van der Waals surface area contributed by atoms with Crippen LogP contribution in [0.1, 0.15) is 52.4 Å². The summed E-state index contributed by atoms with van der Waals surface area (Å²) >= 11 is 0. The summed E-state index contributed by atoms with van der Waals surface area (Å²) in [6.45, 7) is 4.61. The molecule has 3 unspecified atom stereocenters. The van der Waals surface area contributed by atoms with E-state index >= 15 is 0 Å². The number of ketones is 1. The molecule has 1 aromatic carbocycles. The number of carbonyl (C=O) groups is 1. The van der Waals surface area contributed by atoms with Crippen molar-refractivity contribution in [3.63, 3.8) is 0 Å². The second-order valence-corrected chi connectivity index (χ2v) is 10.5. The Morgan fingerprint density at radius 3 is 2.83 bits per heavy atom. The average molecular weight is 403 g/mol. The second kappa shape index (κ2) is 6.16. The van der Waals surface area contributed by atoms with E-state index < -0.39 is 0 Å². The van der Waals surface area contributed by atoms with Crippen LogP contribution in [0.25, 0.3) is 16.7 Å². The van der Waals surface area contributed by atoms with Crippen LogP contribution in [0, 0.1) is 28.6 Å². The van der Waals surface area contributed by atoms with Crippen LogP contribution >= 0.6 is 0 Å². The molecular weight excluding hydrogens is 372 g/mol. The van der Waals surface area contributed by atoms with Crippen molar-refractivity contribution in [2.45, 2.75) is 58.5 Å². The van der Waals surface area contributed by atoms with Crippen LogP contribution in [0.4, 0.5) is 0 Å². The van der Waals surface area contributed by atoms with Crippen LogP contribution in [0.2, 0.25) is 0 Å². The molecule has 1 aromatic heterocycles. The predicted octanol–water partition coefficient (Wildman–Crippen LogP) is 4.99. The molecule has 1 heterocycles. The lowest BCUT2D eigenvalue weighted by Crippen LogP contribution is -2.54. The van der Waals surface area contributed by atoms with Crippen LogP contribution in [0.3, 0.4) is 0 Å². The summed E-state index contributed by atoms with van der Waals surface area (Å²) in [7, 11) is 0. The normalized spacial score (nSPS) is 40.4. The first-order chi connectivity index (χ1) is 14.4. The number of para-hydroxylation sites is 2. The van der Waals surface area contributed by atoms with Crippen molar-refractivity contribution in [2.24, 2.45) is 28.6 Å². The van der Waals surface area contributed by atoms with Gasteiger partial charge >= 0.3 is 0 Å². The highest BCUT2D eigenvalue weighted by Gasteiger charge is 2.60. The first kappa shape index (κ1) is 18.6. The lowest BCUT2D eigenvalue weighted by atomic mass is 9.47. The molecule has 0 spiro atoms. The van der Waals surface area contributed by atoms with Crippen LogP contribution in [0.15, 0.2) is 48.3 Å². The highest BCUT2D eigenvalue weighted by molar-refractivity contribution is 5.88. The molecule has 2 saturated carbocycles. The number of allylic oxidation sites excluding steroid dienone is 3. The van der Waals surface area contributed by atoms with E-state index in [1.54, 1.807) is 0 Å².